The van der Waals surface area contributed by atoms with Gasteiger partial charge in [-0.3, -0.25) is 4.79 Å². The molecule has 19 heavy (non-hydrogen) atoms. The van der Waals surface area contributed by atoms with Crippen molar-refractivity contribution in [1.82, 2.24) is 9.62 Å². The minimum absolute atomic E-state index is 0.0136. The molecule has 0 bridgehead atoms. The van der Waals surface area contributed by atoms with Crippen LogP contribution in [-0.4, -0.2) is 46.3 Å². The maximum Gasteiger partial charge on any atom is 0.273 e. The van der Waals surface area contributed by atoms with Crippen LogP contribution in [0.15, 0.2) is 21.6 Å². The quantitative estimate of drug-likeness (QED) is 0.807. The van der Waals surface area contributed by atoms with Crippen LogP contribution in [0.25, 0.3) is 0 Å². The van der Waals surface area contributed by atoms with Crippen LogP contribution in [0.3, 0.4) is 0 Å². The second-order valence-corrected chi connectivity index (χ2v) is 6.57. The highest BCUT2D eigenvalue weighted by Crippen LogP contribution is 2.17. The van der Waals surface area contributed by atoms with Gasteiger partial charge in [0.05, 0.1) is 0 Å². The van der Waals surface area contributed by atoms with Gasteiger partial charge in [-0.25, -0.2) is 13.1 Å². The highest BCUT2D eigenvalue weighted by atomic mass is 32.2. The van der Waals surface area contributed by atoms with Crippen LogP contribution >= 0.6 is 0 Å². The highest BCUT2D eigenvalue weighted by molar-refractivity contribution is 7.89. The van der Waals surface area contributed by atoms with E-state index in [1.54, 1.807) is 0 Å². The molecule has 1 aromatic rings. The number of sulfonamides is 1. The predicted octanol–water partition coefficient (Wildman–Crippen LogP) is 0.712. The standard InChI is InChI=1S/C12H18N2O4S/c1-14-6-4-10(5-7-14)8-13-19(16,17)12-3-2-11(9-15)18-12/h2-3,9-10,13H,4-8H2,1H3. The average Bonchev–Trinajstić information content (AvgIpc) is 2.88. The van der Waals surface area contributed by atoms with Gasteiger partial charge in [-0.15, -0.1) is 0 Å². The van der Waals surface area contributed by atoms with Crippen LogP contribution in [-0.2, 0) is 10.0 Å². The van der Waals surface area contributed by atoms with Gasteiger partial charge in [-0.1, -0.05) is 0 Å². The van der Waals surface area contributed by atoms with Crippen LogP contribution < -0.4 is 4.72 Å². The van der Waals surface area contributed by atoms with Crippen molar-refractivity contribution in [2.75, 3.05) is 26.7 Å². The van der Waals surface area contributed by atoms with Crippen LogP contribution in [0.4, 0.5) is 0 Å². The van der Waals surface area contributed by atoms with Gasteiger partial charge in [0.15, 0.2) is 12.0 Å². The van der Waals surface area contributed by atoms with Crippen LogP contribution in [0.1, 0.15) is 23.4 Å². The molecule has 0 aromatic carbocycles. The molecule has 1 fully saturated rings. The fourth-order valence-electron chi connectivity index (χ4n) is 2.11. The Morgan fingerprint density at radius 1 is 1.42 bits per heavy atom. The predicted molar refractivity (Wildman–Crippen MR) is 69.5 cm³/mol. The second-order valence-electron chi connectivity index (χ2n) is 4.87. The Bertz CT molecular complexity index is 530. The molecule has 0 radical (unpaired) electrons. The summed E-state index contributed by atoms with van der Waals surface area (Å²) < 4.78 is 31.3. The molecular formula is C12H18N2O4S. The molecule has 0 unspecified atom stereocenters. The van der Waals surface area contributed by atoms with E-state index in [9.17, 15) is 13.2 Å². The molecule has 1 N–H and O–H groups in total. The number of carbonyl (C=O) groups is 1. The summed E-state index contributed by atoms with van der Waals surface area (Å²) in [5.74, 6) is 0.367. The first-order valence-corrected chi connectivity index (χ1v) is 7.73. The number of likely N-dealkylation sites (tertiary alicyclic amines) is 1. The summed E-state index contributed by atoms with van der Waals surface area (Å²) in [5.41, 5.74) is 0. The molecule has 1 aromatic heterocycles. The Kier molecular flexibility index (Phi) is 4.38. The van der Waals surface area contributed by atoms with E-state index in [4.69, 9.17) is 4.42 Å². The molecule has 0 atom stereocenters. The summed E-state index contributed by atoms with van der Waals surface area (Å²) in [6, 6.07) is 2.64. The second kappa shape index (κ2) is 5.85. The van der Waals surface area contributed by atoms with Crippen molar-refractivity contribution in [2.45, 2.75) is 17.9 Å². The third-order valence-electron chi connectivity index (χ3n) is 3.38. The number of rotatable bonds is 5. The number of nitrogens with one attached hydrogen (secondary N) is 1. The molecule has 106 valence electrons. The van der Waals surface area contributed by atoms with Crippen LogP contribution in [0.5, 0.6) is 0 Å². The van der Waals surface area contributed by atoms with Crippen molar-refractivity contribution < 1.29 is 17.6 Å². The minimum Gasteiger partial charge on any atom is -0.440 e. The summed E-state index contributed by atoms with van der Waals surface area (Å²) >= 11 is 0. The number of furan rings is 1. The Labute approximate surface area is 112 Å². The largest absolute Gasteiger partial charge is 0.440 e. The highest BCUT2D eigenvalue weighted by Gasteiger charge is 2.22. The smallest absolute Gasteiger partial charge is 0.273 e. The summed E-state index contributed by atoms with van der Waals surface area (Å²) in [6.45, 7) is 2.39. The minimum atomic E-state index is -3.65. The van der Waals surface area contributed by atoms with E-state index in [2.05, 4.69) is 16.7 Å². The zero-order valence-corrected chi connectivity index (χ0v) is 11.6. The van der Waals surface area contributed by atoms with Crippen molar-refractivity contribution in [2.24, 2.45) is 5.92 Å². The lowest BCUT2D eigenvalue weighted by Crippen LogP contribution is -2.36. The zero-order chi connectivity index (χ0) is 13.9. The fourth-order valence-corrected chi connectivity index (χ4v) is 3.16. The van der Waals surface area contributed by atoms with Crippen molar-refractivity contribution >= 4 is 16.3 Å². The Hall–Kier alpha value is -1.18. The maximum absolute atomic E-state index is 11.9. The van der Waals surface area contributed by atoms with Gasteiger partial charge in [-0.05, 0) is 51.0 Å². The summed E-state index contributed by atoms with van der Waals surface area (Å²) in [6.07, 6.45) is 2.45. The molecule has 6 nitrogen and oxygen atoms in total. The number of piperidine rings is 1. The first-order chi connectivity index (χ1) is 9.01. The van der Waals surface area contributed by atoms with Gasteiger partial charge >= 0.3 is 0 Å². The average molecular weight is 286 g/mol. The van der Waals surface area contributed by atoms with Gasteiger partial charge < -0.3 is 9.32 Å². The van der Waals surface area contributed by atoms with Gasteiger partial charge in [-0.2, -0.15) is 0 Å². The molecule has 1 saturated heterocycles. The van der Waals surface area contributed by atoms with E-state index >= 15 is 0 Å². The van der Waals surface area contributed by atoms with Gasteiger partial charge in [0, 0.05) is 6.54 Å². The Morgan fingerprint density at radius 2 is 2.11 bits per heavy atom. The zero-order valence-electron chi connectivity index (χ0n) is 10.8. The molecule has 0 aliphatic carbocycles. The molecule has 0 amide bonds. The first-order valence-electron chi connectivity index (χ1n) is 6.24. The van der Waals surface area contributed by atoms with Gasteiger partial charge in [0.25, 0.3) is 10.0 Å². The van der Waals surface area contributed by atoms with E-state index in [0.717, 1.165) is 25.9 Å². The summed E-state index contributed by atoms with van der Waals surface area (Å²) in [4.78, 5) is 12.7. The molecule has 2 heterocycles. The molecule has 7 heteroatoms. The van der Waals surface area contributed by atoms with E-state index in [1.165, 1.54) is 12.1 Å². The molecule has 1 aliphatic heterocycles. The number of hydrogen-bond donors (Lipinski definition) is 1. The number of aldehydes is 1. The number of nitrogens with zero attached hydrogens (tertiary/aromatic N) is 1. The third-order valence-corrected chi connectivity index (χ3v) is 4.68. The first kappa shape index (κ1) is 14.2. The lowest BCUT2D eigenvalue weighted by molar-refractivity contribution is 0.109. The lowest BCUT2D eigenvalue weighted by Gasteiger charge is -2.28. The third kappa shape index (κ3) is 3.65. The Morgan fingerprint density at radius 3 is 2.68 bits per heavy atom. The van der Waals surface area contributed by atoms with E-state index < -0.39 is 10.0 Å². The van der Waals surface area contributed by atoms with Crippen molar-refractivity contribution in [1.29, 1.82) is 0 Å². The van der Waals surface area contributed by atoms with Crippen molar-refractivity contribution in [3.63, 3.8) is 0 Å². The van der Waals surface area contributed by atoms with Crippen molar-refractivity contribution in [3.8, 4) is 0 Å². The lowest BCUT2D eigenvalue weighted by atomic mass is 9.98. The Balaban J connectivity index is 1.92. The molecule has 2 rings (SSSR count). The maximum atomic E-state index is 11.9. The van der Waals surface area contributed by atoms with Crippen LogP contribution in [0, 0.1) is 5.92 Å². The number of hydrogen-bond acceptors (Lipinski definition) is 5. The van der Waals surface area contributed by atoms with Gasteiger partial charge in [0.2, 0.25) is 5.09 Å². The van der Waals surface area contributed by atoms with Gasteiger partial charge in [0.1, 0.15) is 0 Å². The van der Waals surface area contributed by atoms with E-state index in [0.29, 0.717) is 18.7 Å². The number of carbonyl (C=O) groups excluding carboxylic acids is 1. The van der Waals surface area contributed by atoms with Crippen molar-refractivity contribution in [3.05, 3.63) is 17.9 Å². The SMILES string of the molecule is CN1CCC(CNS(=O)(=O)c2ccc(C=O)o2)CC1. The van der Waals surface area contributed by atoms with E-state index in [-0.39, 0.29) is 10.9 Å². The topological polar surface area (TPSA) is 79.6 Å². The molecule has 0 saturated carbocycles. The normalized spacial score (nSPS) is 18.6. The van der Waals surface area contributed by atoms with E-state index in [1.807, 2.05) is 0 Å². The summed E-state index contributed by atoms with van der Waals surface area (Å²) in [5, 5.41) is -0.206. The summed E-state index contributed by atoms with van der Waals surface area (Å²) in [7, 11) is -1.59. The van der Waals surface area contributed by atoms with Crippen LogP contribution in [0.2, 0.25) is 0 Å². The molecule has 0 spiro atoms. The monoisotopic (exact) mass is 286 g/mol. The fraction of sp³-hybridized carbons (Fsp3) is 0.583. The molecular weight excluding hydrogens is 268 g/mol. The molecule has 1 aliphatic rings.